The number of anilines is 1. The molecule has 8 nitrogen and oxygen atoms in total. The standard InChI is InChI=1S/C23H19N5O3S2/c29-22(24-16-9-7-15(8-10-16)18-14-27-12-13-32-23(27)25-18)19-5-3-11-28(19)21-17-4-1-2-6-20(17)33(30,31)26-21/h1-2,4,6-10,12-14,19H,3,5,11H2,(H,24,29). The molecule has 1 unspecified atom stereocenters. The van der Waals surface area contributed by atoms with Crippen LogP contribution < -0.4 is 5.32 Å². The summed E-state index contributed by atoms with van der Waals surface area (Å²) in [5.41, 5.74) is 3.08. The molecule has 0 radical (unpaired) electrons. The number of imidazole rings is 1. The number of fused-ring (bicyclic) bond motifs is 2. The fraction of sp³-hybridized carbons (Fsp3) is 0.174. The zero-order valence-electron chi connectivity index (χ0n) is 17.4. The van der Waals surface area contributed by atoms with Crippen LogP contribution in [0.4, 0.5) is 5.69 Å². The van der Waals surface area contributed by atoms with Crippen LogP contribution in [0.25, 0.3) is 16.2 Å². The molecule has 1 fully saturated rings. The number of amides is 1. The van der Waals surface area contributed by atoms with Crippen molar-refractivity contribution in [3.63, 3.8) is 0 Å². The van der Waals surface area contributed by atoms with Gasteiger partial charge in [0.2, 0.25) is 5.91 Å². The van der Waals surface area contributed by atoms with Crippen molar-refractivity contribution in [2.45, 2.75) is 23.8 Å². The summed E-state index contributed by atoms with van der Waals surface area (Å²) in [7, 11) is -3.73. The van der Waals surface area contributed by atoms with E-state index in [1.165, 1.54) is 0 Å². The summed E-state index contributed by atoms with van der Waals surface area (Å²) in [6.45, 7) is 0.581. The van der Waals surface area contributed by atoms with Crippen LogP contribution in [0.15, 0.2) is 75.6 Å². The lowest BCUT2D eigenvalue weighted by Gasteiger charge is -2.25. The van der Waals surface area contributed by atoms with Crippen molar-refractivity contribution in [3.8, 4) is 11.3 Å². The molecule has 0 aliphatic carbocycles. The van der Waals surface area contributed by atoms with E-state index in [1.54, 1.807) is 35.6 Å². The number of benzene rings is 2. The van der Waals surface area contributed by atoms with Crippen molar-refractivity contribution < 1.29 is 13.2 Å². The molecule has 1 atom stereocenters. The Morgan fingerprint density at radius 2 is 1.94 bits per heavy atom. The van der Waals surface area contributed by atoms with Crippen LogP contribution in [0, 0.1) is 0 Å². The number of aromatic nitrogens is 2. The highest BCUT2D eigenvalue weighted by Crippen LogP contribution is 2.31. The minimum atomic E-state index is -3.73. The first-order chi connectivity index (χ1) is 16.0. The second kappa shape index (κ2) is 7.53. The number of sulfonamides is 1. The SMILES string of the molecule is O=C(Nc1ccc(-c2cn3ccsc3n2)cc1)C1CCCN1C1=NS(=O)(=O)c2ccccc21. The summed E-state index contributed by atoms with van der Waals surface area (Å²) in [4.78, 5) is 20.7. The van der Waals surface area contributed by atoms with E-state index in [4.69, 9.17) is 0 Å². The van der Waals surface area contributed by atoms with E-state index >= 15 is 0 Å². The number of rotatable bonds is 3. The maximum absolute atomic E-state index is 13.1. The molecule has 0 bridgehead atoms. The van der Waals surface area contributed by atoms with Gasteiger partial charge in [0.25, 0.3) is 10.0 Å². The van der Waals surface area contributed by atoms with E-state index in [1.807, 2.05) is 51.3 Å². The van der Waals surface area contributed by atoms with E-state index in [0.29, 0.717) is 30.1 Å². The number of likely N-dealkylation sites (tertiary alicyclic amines) is 1. The van der Waals surface area contributed by atoms with Gasteiger partial charge in [0, 0.05) is 41.1 Å². The molecule has 4 heterocycles. The van der Waals surface area contributed by atoms with E-state index in [2.05, 4.69) is 14.7 Å². The number of carbonyl (C=O) groups excluding carboxylic acids is 1. The lowest BCUT2D eigenvalue weighted by Crippen LogP contribution is -2.43. The molecule has 2 aromatic heterocycles. The summed E-state index contributed by atoms with van der Waals surface area (Å²) in [5, 5.41) is 4.96. The fourth-order valence-corrected chi connectivity index (χ4v) is 6.32. The van der Waals surface area contributed by atoms with Crippen LogP contribution in [-0.4, -0.2) is 47.0 Å². The van der Waals surface area contributed by atoms with Gasteiger partial charge in [0.05, 0.1) is 5.69 Å². The normalized spacial score (nSPS) is 19.0. The first kappa shape index (κ1) is 20.1. The van der Waals surface area contributed by atoms with E-state index in [9.17, 15) is 13.2 Å². The Balaban J connectivity index is 1.21. The maximum Gasteiger partial charge on any atom is 0.285 e. The summed E-state index contributed by atoms with van der Waals surface area (Å²) in [5.74, 6) is 0.186. The molecule has 0 saturated carbocycles. The molecule has 2 aromatic carbocycles. The Morgan fingerprint density at radius 3 is 2.76 bits per heavy atom. The second-order valence-electron chi connectivity index (χ2n) is 8.02. The average Bonchev–Trinajstić information content (AvgIpc) is 3.57. The number of hydrogen-bond acceptors (Lipinski definition) is 6. The molecular formula is C23H19N5O3S2. The molecule has 2 aliphatic heterocycles. The molecule has 33 heavy (non-hydrogen) atoms. The third-order valence-corrected chi connectivity index (χ3v) is 8.08. The summed E-state index contributed by atoms with van der Waals surface area (Å²) in [6.07, 6.45) is 5.37. The zero-order valence-corrected chi connectivity index (χ0v) is 19.0. The monoisotopic (exact) mass is 477 g/mol. The summed E-state index contributed by atoms with van der Waals surface area (Å²) < 4.78 is 30.9. The number of hydrogen-bond donors (Lipinski definition) is 1. The van der Waals surface area contributed by atoms with E-state index < -0.39 is 16.1 Å². The molecule has 0 spiro atoms. The van der Waals surface area contributed by atoms with Crippen molar-refractivity contribution in [1.82, 2.24) is 14.3 Å². The number of nitrogens with zero attached hydrogens (tertiary/aromatic N) is 4. The minimum absolute atomic E-state index is 0.174. The molecule has 1 N–H and O–H groups in total. The van der Waals surface area contributed by atoms with Gasteiger partial charge in [-0.25, -0.2) is 4.98 Å². The topological polar surface area (TPSA) is 96.1 Å². The number of carbonyl (C=O) groups is 1. The third kappa shape index (κ3) is 3.42. The number of thiazole rings is 1. The van der Waals surface area contributed by atoms with Crippen LogP contribution in [0.5, 0.6) is 0 Å². The number of nitrogens with one attached hydrogen (secondary N) is 1. The minimum Gasteiger partial charge on any atom is -0.343 e. The van der Waals surface area contributed by atoms with Crippen LogP contribution in [0.2, 0.25) is 0 Å². The Bertz CT molecular complexity index is 1490. The van der Waals surface area contributed by atoms with Gasteiger partial charge in [-0.3, -0.25) is 9.20 Å². The van der Waals surface area contributed by atoms with E-state index in [0.717, 1.165) is 22.6 Å². The highest BCUT2D eigenvalue weighted by atomic mass is 32.2. The highest BCUT2D eigenvalue weighted by molar-refractivity contribution is 7.90. The second-order valence-corrected chi connectivity index (χ2v) is 10.5. The van der Waals surface area contributed by atoms with Gasteiger partial charge in [0.1, 0.15) is 10.9 Å². The smallest absolute Gasteiger partial charge is 0.285 e. The van der Waals surface area contributed by atoms with Crippen molar-refractivity contribution in [2.24, 2.45) is 4.40 Å². The summed E-state index contributed by atoms with van der Waals surface area (Å²) in [6, 6.07) is 13.8. The molecule has 4 aromatic rings. The molecular weight excluding hydrogens is 458 g/mol. The van der Waals surface area contributed by atoms with Gasteiger partial charge in [-0.05, 0) is 37.1 Å². The third-order valence-electron chi connectivity index (χ3n) is 5.98. The molecule has 1 amide bonds. The molecule has 10 heteroatoms. The van der Waals surface area contributed by atoms with Crippen molar-refractivity contribution >= 4 is 43.8 Å². The van der Waals surface area contributed by atoms with Crippen molar-refractivity contribution in [3.05, 3.63) is 71.9 Å². The first-order valence-electron chi connectivity index (χ1n) is 10.5. The van der Waals surface area contributed by atoms with Gasteiger partial charge in [-0.2, -0.15) is 8.42 Å². The number of amidine groups is 1. The Hall–Kier alpha value is -3.50. The molecule has 1 saturated heterocycles. The van der Waals surface area contributed by atoms with Gasteiger partial charge >= 0.3 is 0 Å². The maximum atomic E-state index is 13.1. The van der Waals surface area contributed by atoms with Gasteiger partial charge < -0.3 is 10.2 Å². The lowest BCUT2D eigenvalue weighted by atomic mass is 10.1. The molecule has 2 aliphatic rings. The highest BCUT2D eigenvalue weighted by Gasteiger charge is 2.39. The zero-order chi connectivity index (χ0) is 22.6. The van der Waals surface area contributed by atoms with Crippen LogP contribution in [-0.2, 0) is 14.8 Å². The van der Waals surface area contributed by atoms with Crippen molar-refractivity contribution in [2.75, 3.05) is 11.9 Å². The predicted octanol–water partition coefficient (Wildman–Crippen LogP) is 3.61. The molecule has 6 rings (SSSR count). The predicted molar refractivity (Wildman–Crippen MR) is 127 cm³/mol. The Kier molecular flexibility index (Phi) is 4.59. The van der Waals surface area contributed by atoms with Gasteiger partial charge in [0.15, 0.2) is 10.8 Å². The Morgan fingerprint density at radius 1 is 1.12 bits per heavy atom. The largest absolute Gasteiger partial charge is 0.343 e. The molecule has 166 valence electrons. The van der Waals surface area contributed by atoms with E-state index in [-0.39, 0.29) is 10.8 Å². The van der Waals surface area contributed by atoms with Crippen LogP contribution in [0.3, 0.4) is 0 Å². The van der Waals surface area contributed by atoms with Gasteiger partial charge in [-0.1, -0.05) is 24.3 Å². The summed E-state index contributed by atoms with van der Waals surface area (Å²) >= 11 is 1.58. The average molecular weight is 478 g/mol. The fourth-order valence-electron chi connectivity index (χ4n) is 4.40. The lowest BCUT2D eigenvalue weighted by molar-refractivity contribution is -0.119. The van der Waals surface area contributed by atoms with Gasteiger partial charge in [-0.15, -0.1) is 15.7 Å². The Labute approximate surface area is 194 Å². The van der Waals surface area contributed by atoms with Crippen molar-refractivity contribution in [1.29, 1.82) is 0 Å². The van der Waals surface area contributed by atoms with Crippen LogP contribution >= 0.6 is 11.3 Å². The first-order valence-corrected chi connectivity index (χ1v) is 12.9. The quantitative estimate of drug-likeness (QED) is 0.486. The van der Waals surface area contributed by atoms with Crippen LogP contribution in [0.1, 0.15) is 18.4 Å².